The van der Waals surface area contributed by atoms with Crippen molar-refractivity contribution in [3.05, 3.63) is 34.9 Å². The molecule has 0 radical (unpaired) electrons. The standard InChI is InChI=1S/C15H18ClNOS/c1-11-2-5-13(9-17)15(8-11)19(18)10-12-3-6-14(16)7-4-12/h3-4,6-7,11,13,15H,2,5,8,10H2,1H3. The van der Waals surface area contributed by atoms with Crippen molar-refractivity contribution in [3.8, 4) is 6.07 Å². The van der Waals surface area contributed by atoms with Crippen molar-refractivity contribution < 1.29 is 4.21 Å². The van der Waals surface area contributed by atoms with Crippen molar-refractivity contribution in [1.82, 2.24) is 0 Å². The largest absolute Gasteiger partial charge is 0.259 e. The molecule has 19 heavy (non-hydrogen) atoms. The molecule has 2 nitrogen and oxygen atoms in total. The molecule has 4 heteroatoms. The first kappa shape index (κ1) is 14.6. The lowest BCUT2D eigenvalue weighted by Crippen LogP contribution is -2.32. The molecule has 1 saturated carbocycles. The van der Waals surface area contributed by atoms with E-state index < -0.39 is 10.8 Å². The molecule has 4 atom stereocenters. The number of benzene rings is 1. The van der Waals surface area contributed by atoms with Gasteiger partial charge in [-0.3, -0.25) is 4.21 Å². The Balaban J connectivity index is 2.05. The maximum atomic E-state index is 12.5. The quantitative estimate of drug-likeness (QED) is 0.848. The summed E-state index contributed by atoms with van der Waals surface area (Å²) in [5.41, 5.74) is 1.03. The molecule has 1 aliphatic carbocycles. The topological polar surface area (TPSA) is 40.9 Å². The van der Waals surface area contributed by atoms with E-state index in [-0.39, 0.29) is 11.2 Å². The molecule has 0 heterocycles. The molecule has 1 aromatic carbocycles. The summed E-state index contributed by atoms with van der Waals surface area (Å²) < 4.78 is 12.5. The van der Waals surface area contributed by atoms with E-state index in [0.717, 1.165) is 24.8 Å². The Labute approximate surface area is 122 Å². The van der Waals surface area contributed by atoms with Crippen molar-refractivity contribution in [2.75, 3.05) is 0 Å². The zero-order chi connectivity index (χ0) is 13.8. The van der Waals surface area contributed by atoms with Gasteiger partial charge in [0.25, 0.3) is 0 Å². The maximum absolute atomic E-state index is 12.5. The highest BCUT2D eigenvalue weighted by Gasteiger charge is 2.32. The molecular formula is C15H18ClNOS. The second kappa shape index (κ2) is 6.54. The molecule has 2 rings (SSSR count). The average Bonchev–Trinajstić information content (AvgIpc) is 2.41. The first-order chi connectivity index (χ1) is 9.10. The van der Waals surface area contributed by atoms with Crippen LogP contribution in [-0.2, 0) is 16.6 Å². The van der Waals surface area contributed by atoms with Gasteiger partial charge in [-0.25, -0.2) is 0 Å². The SMILES string of the molecule is CC1CCC(C#N)C(S(=O)Cc2ccc(Cl)cc2)C1. The van der Waals surface area contributed by atoms with Crippen molar-refractivity contribution in [3.63, 3.8) is 0 Å². The molecule has 1 aromatic rings. The zero-order valence-corrected chi connectivity index (χ0v) is 12.6. The molecule has 1 aliphatic rings. The van der Waals surface area contributed by atoms with E-state index in [9.17, 15) is 9.47 Å². The van der Waals surface area contributed by atoms with Crippen LogP contribution in [0.1, 0.15) is 31.7 Å². The molecule has 0 aromatic heterocycles. The van der Waals surface area contributed by atoms with Gasteiger partial charge in [0.15, 0.2) is 0 Å². The molecule has 0 saturated heterocycles. The summed E-state index contributed by atoms with van der Waals surface area (Å²) in [5, 5.41) is 9.91. The Morgan fingerprint density at radius 2 is 2.05 bits per heavy atom. The Bertz CT molecular complexity index is 494. The third kappa shape index (κ3) is 3.81. The number of nitriles is 1. The van der Waals surface area contributed by atoms with E-state index in [1.807, 2.05) is 24.3 Å². The lowest BCUT2D eigenvalue weighted by molar-refractivity contribution is 0.341. The summed E-state index contributed by atoms with van der Waals surface area (Å²) in [7, 11) is -0.980. The van der Waals surface area contributed by atoms with Crippen molar-refractivity contribution in [2.24, 2.45) is 11.8 Å². The van der Waals surface area contributed by atoms with Gasteiger partial charge in [0.1, 0.15) is 0 Å². The van der Waals surface area contributed by atoms with Crippen molar-refractivity contribution in [1.29, 1.82) is 5.26 Å². The van der Waals surface area contributed by atoms with E-state index in [0.29, 0.717) is 16.7 Å². The molecule has 102 valence electrons. The predicted molar refractivity (Wildman–Crippen MR) is 79.2 cm³/mol. The van der Waals surface area contributed by atoms with Crippen molar-refractivity contribution >= 4 is 22.4 Å². The summed E-state index contributed by atoms with van der Waals surface area (Å²) in [6.07, 6.45) is 2.86. The highest BCUT2D eigenvalue weighted by Crippen LogP contribution is 2.32. The summed E-state index contributed by atoms with van der Waals surface area (Å²) in [4.78, 5) is 0. The highest BCUT2D eigenvalue weighted by atomic mass is 35.5. The average molecular weight is 296 g/mol. The van der Waals surface area contributed by atoms with Gasteiger partial charge < -0.3 is 0 Å². The number of halogens is 1. The van der Waals surface area contributed by atoms with Gasteiger partial charge in [-0.15, -0.1) is 0 Å². The van der Waals surface area contributed by atoms with E-state index in [2.05, 4.69) is 13.0 Å². The number of hydrogen-bond donors (Lipinski definition) is 0. The molecule has 0 amide bonds. The number of rotatable bonds is 3. The molecule has 1 fully saturated rings. The Kier molecular flexibility index (Phi) is 5.01. The molecular weight excluding hydrogens is 278 g/mol. The summed E-state index contributed by atoms with van der Waals surface area (Å²) in [6, 6.07) is 9.79. The fourth-order valence-electron chi connectivity index (χ4n) is 2.62. The minimum atomic E-state index is -0.980. The van der Waals surface area contributed by atoms with E-state index in [1.54, 1.807) is 0 Å². The molecule has 0 aliphatic heterocycles. The van der Waals surface area contributed by atoms with Crippen LogP contribution in [0.15, 0.2) is 24.3 Å². The van der Waals surface area contributed by atoms with Crippen LogP contribution in [0.25, 0.3) is 0 Å². The van der Waals surface area contributed by atoms with Gasteiger partial charge in [-0.1, -0.05) is 30.7 Å². The van der Waals surface area contributed by atoms with Crippen LogP contribution >= 0.6 is 11.6 Å². The van der Waals surface area contributed by atoms with Crippen LogP contribution in [-0.4, -0.2) is 9.46 Å². The van der Waals surface area contributed by atoms with Crippen LogP contribution in [0.2, 0.25) is 5.02 Å². The van der Waals surface area contributed by atoms with Gasteiger partial charge >= 0.3 is 0 Å². The van der Waals surface area contributed by atoms with E-state index >= 15 is 0 Å². The Morgan fingerprint density at radius 3 is 2.68 bits per heavy atom. The smallest absolute Gasteiger partial charge is 0.0668 e. The number of nitrogens with zero attached hydrogens (tertiary/aromatic N) is 1. The lowest BCUT2D eigenvalue weighted by atomic mass is 9.83. The summed E-state index contributed by atoms with van der Waals surface area (Å²) in [5.74, 6) is 1.04. The summed E-state index contributed by atoms with van der Waals surface area (Å²) >= 11 is 5.84. The molecule has 0 bridgehead atoms. The highest BCUT2D eigenvalue weighted by molar-refractivity contribution is 7.84. The van der Waals surface area contributed by atoms with Crippen molar-refractivity contribution in [2.45, 2.75) is 37.2 Å². The first-order valence-electron chi connectivity index (χ1n) is 6.61. The Hall–Kier alpha value is -0.850. The van der Waals surface area contributed by atoms with Crippen LogP contribution in [0.5, 0.6) is 0 Å². The Morgan fingerprint density at radius 1 is 1.37 bits per heavy atom. The lowest BCUT2D eigenvalue weighted by Gasteiger charge is -2.30. The fourth-order valence-corrected chi connectivity index (χ4v) is 4.59. The second-order valence-corrected chi connectivity index (χ2v) is 7.44. The zero-order valence-electron chi connectivity index (χ0n) is 11.0. The van der Waals surface area contributed by atoms with Gasteiger partial charge in [-0.05, 0) is 42.9 Å². The van der Waals surface area contributed by atoms with Gasteiger partial charge in [0.2, 0.25) is 0 Å². The van der Waals surface area contributed by atoms with E-state index in [4.69, 9.17) is 11.6 Å². The molecule has 0 spiro atoms. The first-order valence-corrected chi connectivity index (χ1v) is 8.37. The van der Waals surface area contributed by atoms with Crippen LogP contribution in [0.4, 0.5) is 0 Å². The molecule has 4 unspecified atom stereocenters. The second-order valence-electron chi connectivity index (χ2n) is 5.34. The van der Waals surface area contributed by atoms with Gasteiger partial charge in [0, 0.05) is 21.6 Å². The minimum absolute atomic E-state index is 0.0180. The van der Waals surface area contributed by atoms with Crippen LogP contribution in [0, 0.1) is 23.2 Å². The summed E-state index contributed by atoms with van der Waals surface area (Å²) in [6.45, 7) is 2.18. The predicted octanol–water partition coefficient (Wildman–Crippen LogP) is 3.92. The van der Waals surface area contributed by atoms with Gasteiger partial charge in [0.05, 0.1) is 17.2 Å². The normalized spacial score (nSPS) is 28.6. The molecule has 0 N–H and O–H groups in total. The maximum Gasteiger partial charge on any atom is 0.0668 e. The van der Waals surface area contributed by atoms with Crippen LogP contribution in [0.3, 0.4) is 0 Å². The van der Waals surface area contributed by atoms with Crippen LogP contribution < -0.4 is 0 Å². The number of hydrogen-bond acceptors (Lipinski definition) is 2. The minimum Gasteiger partial charge on any atom is -0.259 e. The fraction of sp³-hybridized carbons (Fsp3) is 0.533. The third-order valence-electron chi connectivity index (χ3n) is 3.78. The monoisotopic (exact) mass is 295 g/mol. The van der Waals surface area contributed by atoms with Gasteiger partial charge in [-0.2, -0.15) is 5.26 Å². The van der Waals surface area contributed by atoms with E-state index in [1.165, 1.54) is 0 Å². The third-order valence-corrected chi connectivity index (χ3v) is 5.85.